The number of carboxylic acid groups (broad SMARTS) is 1. The highest BCUT2D eigenvalue weighted by molar-refractivity contribution is 5.80. The Labute approximate surface area is 112 Å². The van der Waals surface area contributed by atoms with E-state index in [1.807, 2.05) is 0 Å². The zero-order valence-corrected chi connectivity index (χ0v) is 11.1. The number of hydrogen-bond acceptors (Lipinski definition) is 4. The number of carbonyl (C=O) groups excluding carboxylic acids is 1. The number of amides is 1. The van der Waals surface area contributed by atoms with Crippen molar-refractivity contribution in [2.45, 2.75) is 44.3 Å². The summed E-state index contributed by atoms with van der Waals surface area (Å²) in [6, 6.07) is 0. The van der Waals surface area contributed by atoms with Crippen LogP contribution in [0.2, 0.25) is 0 Å². The van der Waals surface area contributed by atoms with Crippen LogP contribution in [0, 0.1) is 11.8 Å². The van der Waals surface area contributed by atoms with Crippen LogP contribution < -0.4 is 5.32 Å². The zero-order chi connectivity index (χ0) is 14.0. The molecular weight excluding hydrogens is 250 g/mol. The van der Waals surface area contributed by atoms with Gasteiger partial charge in [0.2, 0.25) is 5.91 Å². The fourth-order valence-corrected chi connectivity index (χ4v) is 2.83. The molecule has 1 saturated carbocycles. The number of rotatable bonds is 4. The summed E-state index contributed by atoms with van der Waals surface area (Å²) >= 11 is 0. The van der Waals surface area contributed by atoms with Crippen molar-refractivity contribution in [1.29, 1.82) is 0 Å². The lowest BCUT2D eigenvalue weighted by molar-refractivity contribution is -0.141. The van der Waals surface area contributed by atoms with Gasteiger partial charge in [-0.2, -0.15) is 0 Å². The van der Waals surface area contributed by atoms with Crippen molar-refractivity contribution < 1.29 is 24.5 Å². The lowest BCUT2D eigenvalue weighted by atomic mass is 9.96. The van der Waals surface area contributed by atoms with Crippen molar-refractivity contribution in [1.82, 2.24) is 5.32 Å². The van der Waals surface area contributed by atoms with Gasteiger partial charge < -0.3 is 20.3 Å². The van der Waals surface area contributed by atoms with Gasteiger partial charge in [-0.15, -0.1) is 0 Å². The summed E-state index contributed by atoms with van der Waals surface area (Å²) in [5.41, 5.74) is -1.000. The number of hydrogen-bond donors (Lipinski definition) is 3. The molecule has 2 rings (SSSR count). The van der Waals surface area contributed by atoms with Gasteiger partial charge in [0.05, 0.1) is 12.0 Å². The summed E-state index contributed by atoms with van der Waals surface area (Å²) in [7, 11) is 0. The first-order valence-electron chi connectivity index (χ1n) is 6.77. The normalized spacial score (nSPS) is 38.3. The second-order valence-electron chi connectivity index (χ2n) is 5.63. The van der Waals surface area contributed by atoms with Gasteiger partial charge in [-0.05, 0) is 26.2 Å². The Kier molecular flexibility index (Phi) is 4.10. The van der Waals surface area contributed by atoms with Crippen LogP contribution in [0.1, 0.15) is 32.6 Å². The van der Waals surface area contributed by atoms with Crippen molar-refractivity contribution in [2.24, 2.45) is 11.8 Å². The van der Waals surface area contributed by atoms with Crippen molar-refractivity contribution in [3.63, 3.8) is 0 Å². The molecule has 0 aromatic heterocycles. The van der Waals surface area contributed by atoms with Gasteiger partial charge >= 0.3 is 5.97 Å². The molecule has 6 nitrogen and oxygen atoms in total. The lowest BCUT2D eigenvalue weighted by Gasteiger charge is -2.26. The van der Waals surface area contributed by atoms with E-state index in [9.17, 15) is 14.7 Å². The molecule has 2 aliphatic rings. The molecule has 0 radical (unpaired) electrons. The summed E-state index contributed by atoms with van der Waals surface area (Å²) in [4.78, 5) is 22.8. The van der Waals surface area contributed by atoms with Crippen LogP contribution in [0.4, 0.5) is 0 Å². The first kappa shape index (κ1) is 14.3. The highest BCUT2D eigenvalue weighted by atomic mass is 16.5. The smallest absolute Gasteiger partial charge is 0.306 e. The maximum atomic E-state index is 12.0. The number of ether oxygens (including phenoxy) is 1. The van der Waals surface area contributed by atoms with E-state index in [4.69, 9.17) is 9.84 Å². The number of aliphatic hydroxyl groups is 1. The number of carboxylic acids is 1. The van der Waals surface area contributed by atoms with Gasteiger partial charge in [-0.1, -0.05) is 0 Å². The fourth-order valence-electron chi connectivity index (χ4n) is 2.83. The molecular formula is C13H21NO5. The van der Waals surface area contributed by atoms with Crippen LogP contribution in [0.15, 0.2) is 0 Å². The molecule has 4 atom stereocenters. The molecule has 1 saturated heterocycles. The SMILES string of the molecule is CC1OCCC1(O)CNC(=O)C1CCC(C(=O)O)C1. The van der Waals surface area contributed by atoms with Crippen LogP contribution in [0.5, 0.6) is 0 Å². The molecule has 1 heterocycles. The molecule has 3 N–H and O–H groups in total. The van der Waals surface area contributed by atoms with Gasteiger partial charge in [0, 0.05) is 25.5 Å². The van der Waals surface area contributed by atoms with Crippen LogP contribution in [-0.4, -0.2) is 46.9 Å². The topological polar surface area (TPSA) is 95.9 Å². The Hall–Kier alpha value is -1.14. The Morgan fingerprint density at radius 2 is 2.05 bits per heavy atom. The van der Waals surface area contributed by atoms with Crippen molar-refractivity contribution in [3.05, 3.63) is 0 Å². The average Bonchev–Trinajstić information content (AvgIpc) is 2.96. The Balaban J connectivity index is 1.81. The number of aliphatic carboxylic acids is 1. The monoisotopic (exact) mass is 271 g/mol. The maximum Gasteiger partial charge on any atom is 0.306 e. The summed E-state index contributed by atoms with van der Waals surface area (Å²) in [5, 5.41) is 21.9. The third-order valence-electron chi connectivity index (χ3n) is 4.38. The van der Waals surface area contributed by atoms with E-state index >= 15 is 0 Å². The highest BCUT2D eigenvalue weighted by Gasteiger charge is 2.41. The molecule has 0 spiro atoms. The van der Waals surface area contributed by atoms with E-state index < -0.39 is 17.5 Å². The molecule has 2 fully saturated rings. The molecule has 0 aromatic rings. The molecule has 19 heavy (non-hydrogen) atoms. The van der Waals surface area contributed by atoms with E-state index in [1.165, 1.54) is 0 Å². The summed E-state index contributed by atoms with van der Waals surface area (Å²) in [5.74, 6) is -1.64. The van der Waals surface area contributed by atoms with E-state index in [-0.39, 0.29) is 24.5 Å². The minimum atomic E-state index is -1.000. The lowest BCUT2D eigenvalue weighted by Crippen LogP contribution is -2.48. The standard InChI is InChI=1S/C13H21NO5/c1-8-13(18,4-5-19-8)7-14-11(15)9-2-3-10(6-9)12(16)17/h8-10,18H,2-7H2,1H3,(H,14,15)(H,16,17). The quantitative estimate of drug-likeness (QED) is 0.676. The largest absolute Gasteiger partial charge is 0.481 e. The third kappa shape index (κ3) is 3.06. The molecule has 4 unspecified atom stereocenters. The van der Waals surface area contributed by atoms with Gasteiger partial charge in [-0.25, -0.2) is 0 Å². The second-order valence-corrected chi connectivity index (χ2v) is 5.63. The maximum absolute atomic E-state index is 12.0. The first-order valence-corrected chi connectivity index (χ1v) is 6.77. The van der Waals surface area contributed by atoms with E-state index in [0.717, 1.165) is 0 Å². The molecule has 1 aliphatic carbocycles. The minimum Gasteiger partial charge on any atom is -0.481 e. The van der Waals surface area contributed by atoms with E-state index in [1.54, 1.807) is 6.92 Å². The van der Waals surface area contributed by atoms with Crippen LogP contribution >= 0.6 is 0 Å². The van der Waals surface area contributed by atoms with Crippen molar-refractivity contribution in [2.75, 3.05) is 13.2 Å². The van der Waals surface area contributed by atoms with E-state index in [2.05, 4.69) is 5.32 Å². The first-order chi connectivity index (χ1) is 8.92. The number of nitrogens with one attached hydrogen (secondary N) is 1. The predicted molar refractivity (Wildman–Crippen MR) is 66.5 cm³/mol. The molecule has 0 aromatic carbocycles. The van der Waals surface area contributed by atoms with Gasteiger partial charge in [-0.3, -0.25) is 9.59 Å². The summed E-state index contributed by atoms with van der Waals surface area (Å²) in [6.07, 6.45) is 1.77. The van der Waals surface area contributed by atoms with Crippen LogP contribution in [0.3, 0.4) is 0 Å². The number of carbonyl (C=O) groups is 2. The van der Waals surface area contributed by atoms with Gasteiger partial charge in [0.1, 0.15) is 5.60 Å². The van der Waals surface area contributed by atoms with Gasteiger partial charge in [0.15, 0.2) is 0 Å². The van der Waals surface area contributed by atoms with Crippen molar-refractivity contribution in [3.8, 4) is 0 Å². The Morgan fingerprint density at radius 1 is 1.37 bits per heavy atom. The predicted octanol–water partition coefficient (Wildman–Crippen LogP) is 0.143. The Bertz CT molecular complexity index is 372. The summed E-state index contributed by atoms with van der Waals surface area (Å²) in [6.45, 7) is 2.45. The fraction of sp³-hybridized carbons (Fsp3) is 0.846. The highest BCUT2D eigenvalue weighted by Crippen LogP contribution is 2.31. The molecule has 0 bridgehead atoms. The average molecular weight is 271 g/mol. The van der Waals surface area contributed by atoms with Crippen molar-refractivity contribution >= 4 is 11.9 Å². The molecule has 1 aliphatic heterocycles. The van der Waals surface area contributed by atoms with E-state index in [0.29, 0.717) is 32.3 Å². The molecule has 1 amide bonds. The molecule has 6 heteroatoms. The van der Waals surface area contributed by atoms with Gasteiger partial charge in [0.25, 0.3) is 0 Å². The third-order valence-corrected chi connectivity index (χ3v) is 4.38. The van der Waals surface area contributed by atoms with Crippen LogP contribution in [-0.2, 0) is 14.3 Å². The Morgan fingerprint density at radius 3 is 2.58 bits per heavy atom. The minimum absolute atomic E-state index is 0.156. The summed E-state index contributed by atoms with van der Waals surface area (Å²) < 4.78 is 5.30. The zero-order valence-electron chi connectivity index (χ0n) is 11.1. The second kappa shape index (κ2) is 5.46. The van der Waals surface area contributed by atoms with Crippen LogP contribution in [0.25, 0.3) is 0 Å². The molecule has 108 valence electrons.